The van der Waals surface area contributed by atoms with E-state index in [4.69, 9.17) is 11.6 Å². The number of halogens is 4. The molecule has 21 heavy (non-hydrogen) atoms. The number of carbonyl (C=O) groups is 1. The molecule has 1 N–H and O–H groups in total. The Morgan fingerprint density at radius 2 is 2.00 bits per heavy atom. The van der Waals surface area contributed by atoms with Gasteiger partial charge >= 0.3 is 6.18 Å². The summed E-state index contributed by atoms with van der Waals surface area (Å²) in [6, 6.07) is 6.46. The molecule has 0 saturated carbocycles. The molecule has 0 aromatic heterocycles. The standard InChI is InChI=1S/C13H12ClF3N2OS/c1-7(8-5-3-4-6-9(8)14)18-11-19-10(20)12(2,21-11)13(15,16)17/h3-7H,1-2H3,(H,18,19,20)/t7-,12+/m0/s1. The van der Waals surface area contributed by atoms with Gasteiger partial charge in [-0.1, -0.05) is 41.6 Å². The molecule has 1 aliphatic heterocycles. The third-order valence-corrected chi connectivity index (χ3v) is 4.73. The van der Waals surface area contributed by atoms with Crippen LogP contribution in [0.5, 0.6) is 0 Å². The van der Waals surface area contributed by atoms with Crippen molar-refractivity contribution in [2.24, 2.45) is 4.99 Å². The molecule has 0 spiro atoms. The van der Waals surface area contributed by atoms with Crippen LogP contribution >= 0.6 is 23.4 Å². The maximum absolute atomic E-state index is 12.9. The van der Waals surface area contributed by atoms with Gasteiger partial charge in [0.15, 0.2) is 9.91 Å². The second-order valence-electron chi connectivity index (χ2n) is 4.72. The zero-order valence-corrected chi connectivity index (χ0v) is 12.7. The smallest absolute Gasteiger partial charge is 0.304 e. The van der Waals surface area contributed by atoms with Crippen molar-refractivity contribution in [3.8, 4) is 0 Å². The van der Waals surface area contributed by atoms with Gasteiger partial charge in [-0.05, 0) is 25.5 Å². The van der Waals surface area contributed by atoms with Crippen molar-refractivity contribution in [2.75, 3.05) is 0 Å². The van der Waals surface area contributed by atoms with Gasteiger partial charge in [0.1, 0.15) is 0 Å². The third kappa shape index (κ3) is 3.03. The molecule has 1 fully saturated rings. The van der Waals surface area contributed by atoms with Crippen LogP contribution in [-0.4, -0.2) is 22.0 Å². The number of hydrogen-bond acceptors (Lipinski definition) is 3. The van der Waals surface area contributed by atoms with Gasteiger partial charge in [-0.25, -0.2) is 0 Å². The zero-order chi connectivity index (χ0) is 15.8. The lowest BCUT2D eigenvalue weighted by Crippen LogP contribution is -2.46. The van der Waals surface area contributed by atoms with Gasteiger partial charge < -0.3 is 5.32 Å². The Kier molecular flexibility index (Phi) is 4.26. The second kappa shape index (κ2) is 5.53. The number of rotatable bonds is 2. The molecule has 1 aliphatic rings. The van der Waals surface area contributed by atoms with Crippen molar-refractivity contribution < 1.29 is 18.0 Å². The molecule has 0 aliphatic carbocycles. The van der Waals surface area contributed by atoms with Gasteiger partial charge in [0.25, 0.3) is 5.91 Å². The monoisotopic (exact) mass is 336 g/mol. The van der Waals surface area contributed by atoms with Crippen molar-refractivity contribution in [3.05, 3.63) is 34.9 Å². The molecule has 114 valence electrons. The van der Waals surface area contributed by atoms with Gasteiger partial charge in [0.05, 0.1) is 6.04 Å². The fourth-order valence-corrected chi connectivity index (χ4v) is 3.08. The van der Waals surface area contributed by atoms with E-state index in [1.165, 1.54) is 0 Å². The summed E-state index contributed by atoms with van der Waals surface area (Å²) >= 11 is 6.40. The SMILES string of the molecule is C[C@H](N=C1NC(=O)[C@](C)(C(F)(F)F)S1)c1ccccc1Cl. The first kappa shape index (κ1) is 16.2. The van der Waals surface area contributed by atoms with Crippen LogP contribution in [0.3, 0.4) is 0 Å². The lowest BCUT2D eigenvalue weighted by molar-refractivity contribution is -0.166. The molecule has 1 aromatic carbocycles. The minimum absolute atomic E-state index is 0.0488. The molecule has 1 heterocycles. The number of carbonyl (C=O) groups excluding carboxylic acids is 1. The molecule has 1 saturated heterocycles. The number of amides is 1. The van der Waals surface area contributed by atoms with Gasteiger partial charge in [-0.15, -0.1) is 0 Å². The van der Waals surface area contributed by atoms with Gasteiger partial charge in [0.2, 0.25) is 0 Å². The Labute approximate surface area is 129 Å². The number of alkyl halides is 3. The molecule has 8 heteroatoms. The maximum Gasteiger partial charge on any atom is 0.412 e. The fraction of sp³-hybridized carbons (Fsp3) is 0.385. The van der Waals surface area contributed by atoms with E-state index in [2.05, 4.69) is 10.3 Å². The molecule has 2 rings (SSSR count). The van der Waals surface area contributed by atoms with E-state index in [9.17, 15) is 18.0 Å². The molecule has 0 unspecified atom stereocenters. The summed E-state index contributed by atoms with van der Waals surface area (Å²) in [7, 11) is 0. The number of benzene rings is 1. The maximum atomic E-state index is 12.9. The summed E-state index contributed by atoms with van der Waals surface area (Å²) in [6.45, 7) is 2.54. The first-order valence-electron chi connectivity index (χ1n) is 6.04. The largest absolute Gasteiger partial charge is 0.412 e. The Hall–Kier alpha value is -1.21. The molecule has 0 bridgehead atoms. The zero-order valence-electron chi connectivity index (χ0n) is 11.2. The Morgan fingerprint density at radius 1 is 1.38 bits per heavy atom. The lowest BCUT2D eigenvalue weighted by atomic mass is 10.1. The Bertz CT molecular complexity index is 605. The van der Waals surface area contributed by atoms with E-state index >= 15 is 0 Å². The van der Waals surface area contributed by atoms with Crippen LogP contribution in [0.1, 0.15) is 25.5 Å². The van der Waals surface area contributed by atoms with E-state index in [1.807, 2.05) is 0 Å². The third-order valence-electron chi connectivity index (χ3n) is 3.16. The number of nitrogens with one attached hydrogen (secondary N) is 1. The Morgan fingerprint density at radius 3 is 2.52 bits per heavy atom. The van der Waals surface area contributed by atoms with E-state index in [-0.39, 0.29) is 5.17 Å². The molecule has 1 amide bonds. The predicted molar refractivity (Wildman–Crippen MR) is 77.5 cm³/mol. The molecular formula is C13H12ClF3N2OS. The van der Waals surface area contributed by atoms with Crippen LogP contribution in [0.2, 0.25) is 5.02 Å². The van der Waals surface area contributed by atoms with E-state index in [0.29, 0.717) is 22.3 Å². The summed E-state index contributed by atoms with van der Waals surface area (Å²) in [5.74, 6) is -1.11. The molecule has 2 atom stereocenters. The highest BCUT2D eigenvalue weighted by atomic mass is 35.5. The quantitative estimate of drug-likeness (QED) is 0.888. The van der Waals surface area contributed by atoms with E-state index in [0.717, 1.165) is 6.92 Å². The van der Waals surface area contributed by atoms with Crippen LogP contribution < -0.4 is 5.32 Å². The van der Waals surface area contributed by atoms with Crippen LogP contribution in [0.15, 0.2) is 29.3 Å². The summed E-state index contributed by atoms with van der Waals surface area (Å²) in [5.41, 5.74) is 0.683. The number of thioether (sulfide) groups is 1. The first-order valence-corrected chi connectivity index (χ1v) is 7.24. The van der Waals surface area contributed by atoms with Gasteiger partial charge in [-0.3, -0.25) is 9.79 Å². The Balaban J connectivity index is 2.25. The number of aliphatic imine (C=N–C) groups is 1. The topological polar surface area (TPSA) is 41.5 Å². The predicted octanol–water partition coefficient (Wildman–Crippen LogP) is 3.94. The average Bonchev–Trinajstić information content (AvgIpc) is 2.65. The summed E-state index contributed by atoms with van der Waals surface area (Å²) < 4.78 is 36.3. The highest BCUT2D eigenvalue weighted by Crippen LogP contribution is 2.45. The highest BCUT2D eigenvalue weighted by molar-refractivity contribution is 8.16. The van der Waals surface area contributed by atoms with Crippen LogP contribution in [0.25, 0.3) is 0 Å². The number of amidine groups is 1. The molecular weight excluding hydrogens is 325 g/mol. The van der Waals surface area contributed by atoms with Crippen molar-refractivity contribution in [3.63, 3.8) is 0 Å². The molecule has 1 aromatic rings. The van der Waals surface area contributed by atoms with Crippen LogP contribution in [-0.2, 0) is 4.79 Å². The minimum atomic E-state index is -4.65. The van der Waals surface area contributed by atoms with Crippen molar-refractivity contribution in [1.82, 2.24) is 5.32 Å². The van der Waals surface area contributed by atoms with Gasteiger partial charge in [-0.2, -0.15) is 13.2 Å². The van der Waals surface area contributed by atoms with E-state index < -0.39 is 22.9 Å². The number of hydrogen-bond donors (Lipinski definition) is 1. The van der Waals surface area contributed by atoms with E-state index in [1.54, 1.807) is 31.2 Å². The first-order chi connectivity index (χ1) is 9.65. The van der Waals surface area contributed by atoms with Crippen LogP contribution in [0.4, 0.5) is 13.2 Å². The average molecular weight is 337 g/mol. The van der Waals surface area contributed by atoms with Gasteiger partial charge in [0, 0.05) is 5.02 Å². The van der Waals surface area contributed by atoms with Crippen molar-refractivity contribution in [1.29, 1.82) is 0 Å². The number of nitrogens with zero attached hydrogens (tertiary/aromatic N) is 1. The van der Waals surface area contributed by atoms with Crippen molar-refractivity contribution >= 4 is 34.4 Å². The second-order valence-corrected chi connectivity index (χ2v) is 6.53. The lowest BCUT2D eigenvalue weighted by Gasteiger charge is -2.21. The summed E-state index contributed by atoms with van der Waals surface area (Å²) in [6.07, 6.45) is -4.65. The fourth-order valence-electron chi connectivity index (χ4n) is 1.79. The minimum Gasteiger partial charge on any atom is -0.304 e. The van der Waals surface area contributed by atoms with Crippen LogP contribution in [0, 0.1) is 0 Å². The highest BCUT2D eigenvalue weighted by Gasteiger charge is 2.61. The summed E-state index contributed by atoms with van der Waals surface area (Å²) in [5, 5.41) is 2.61. The molecule has 0 radical (unpaired) electrons. The molecule has 3 nitrogen and oxygen atoms in total. The summed E-state index contributed by atoms with van der Waals surface area (Å²) in [4.78, 5) is 15.7. The van der Waals surface area contributed by atoms with Crippen molar-refractivity contribution in [2.45, 2.75) is 30.8 Å². The normalized spacial score (nSPS) is 26.0.